The minimum atomic E-state index is -0.395. The van der Waals surface area contributed by atoms with Crippen molar-refractivity contribution in [2.75, 3.05) is 14.2 Å². The van der Waals surface area contributed by atoms with E-state index < -0.39 is 5.97 Å². The van der Waals surface area contributed by atoms with Crippen LogP contribution in [0.3, 0.4) is 0 Å². The lowest BCUT2D eigenvalue weighted by Gasteiger charge is -2.13. The fourth-order valence-corrected chi connectivity index (χ4v) is 1.96. The first kappa shape index (κ1) is 15.1. The lowest BCUT2D eigenvalue weighted by atomic mass is 10.1. The molecule has 0 aliphatic rings. The van der Waals surface area contributed by atoms with Crippen LogP contribution in [0.1, 0.15) is 34.6 Å². The molecule has 1 aromatic heterocycles. The first-order valence-corrected chi connectivity index (χ1v) is 6.67. The van der Waals surface area contributed by atoms with E-state index in [9.17, 15) is 4.79 Å². The van der Waals surface area contributed by atoms with Crippen molar-refractivity contribution in [2.24, 2.45) is 0 Å². The van der Waals surface area contributed by atoms with Crippen LogP contribution in [0.25, 0.3) is 0 Å². The van der Waals surface area contributed by atoms with Gasteiger partial charge in [0.1, 0.15) is 17.8 Å². The summed E-state index contributed by atoms with van der Waals surface area (Å²) >= 11 is 0. The van der Waals surface area contributed by atoms with Gasteiger partial charge in [0, 0.05) is 6.04 Å². The molecule has 0 amide bonds. The summed E-state index contributed by atoms with van der Waals surface area (Å²) in [5.74, 6) is 1.13. The maximum atomic E-state index is 11.3. The second-order valence-electron chi connectivity index (χ2n) is 4.67. The van der Waals surface area contributed by atoms with E-state index >= 15 is 0 Å². The summed E-state index contributed by atoms with van der Waals surface area (Å²) in [6.45, 7) is 2.59. The van der Waals surface area contributed by atoms with Gasteiger partial charge in [-0.15, -0.1) is 0 Å². The minimum absolute atomic E-state index is 0.155. The second-order valence-corrected chi connectivity index (χ2v) is 4.67. The molecule has 2 rings (SSSR count). The van der Waals surface area contributed by atoms with Crippen LogP contribution in [0.4, 0.5) is 0 Å². The molecule has 1 unspecified atom stereocenters. The first-order valence-electron chi connectivity index (χ1n) is 6.67. The van der Waals surface area contributed by atoms with Gasteiger partial charge >= 0.3 is 5.97 Å². The Hall–Kier alpha value is -2.27. The van der Waals surface area contributed by atoms with Crippen LogP contribution in [0.15, 0.2) is 41.0 Å². The SMILES string of the molecule is COC(=O)c1coc(CNC(C)c2ccc(OC)cc2)c1. The van der Waals surface area contributed by atoms with E-state index in [2.05, 4.69) is 17.0 Å². The van der Waals surface area contributed by atoms with E-state index in [0.29, 0.717) is 17.9 Å². The molecule has 1 N–H and O–H groups in total. The van der Waals surface area contributed by atoms with Gasteiger partial charge in [-0.1, -0.05) is 12.1 Å². The van der Waals surface area contributed by atoms with Gasteiger partial charge in [0.25, 0.3) is 0 Å². The Morgan fingerprint density at radius 2 is 2.00 bits per heavy atom. The Kier molecular flexibility index (Phi) is 5.00. The predicted molar refractivity (Wildman–Crippen MR) is 78.3 cm³/mol. The van der Waals surface area contributed by atoms with E-state index in [1.165, 1.54) is 13.4 Å². The van der Waals surface area contributed by atoms with Gasteiger partial charge in [-0.25, -0.2) is 4.79 Å². The fourth-order valence-electron chi connectivity index (χ4n) is 1.96. The molecule has 1 heterocycles. The lowest BCUT2D eigenvalue weighted by Crippen LogP contribution is -2.17. The van der Waals surface area contributed by atoms with Crippen LogP contribution in [-0.4, -0.2) is 20.2 Å². The molecule has 1 aromatic carbocycles. The number of nitrogens with one attached hydrogen (secondary N) is 1. The topological polar surface area (TPSA) is 60.7 Å². The highest BCUT2D eigenvalue weighted by atomic mass is 16.5. The largest absolute Gasteiger partial charge is 0.497 e. The van der Waals surface area contributed by atoms with Gasteiger partial charge in [0.15, 0.2) is 0 Å². The van der Waals surface area contributed by atoms with Crippen molar-refractivity contribution in [3.05, 3.63) is 53.5 Å². The second kappa shape index (κ2) is 6.95. The van der Waals surface area contributed by atoms with E-state index in [0.717, 1.165) is 11.3 Å². The van der Waals surface area contributed by atoms with Crippen molar-refractivity contribution >= 4 is 5.97 Å². The maximum Gasteiger partial charge on any atom is 0.341 e. The Balaban J connectivity index is 1.92. The van der Waals surface area contributed by atoms with E-state index in [-0.39, 0.29) is 6.04 Å². The highest BCUT2D eigenvalue weighted by molar-refractivity contribution is 5.88. The summed E-state index contributed by atoms with van der Waals surface area (Å²) in [5, 5.41) is 3.34. The number of ether oxygens (including phenoxy) is 2. The number of furan rings is 1. The third-order valence-corrected chi connectivity index (χ3v) is 3.27. The van der Waals surface area contributed by atoms with Gasteiger partial charge in [-0.2, -0.15) is 0 Å². The molecule has 0 aliphatic carbocycles. The predicted octanol–water partition coefficient (Wildman–Crippen LogP) is 2.93. The van der Waals surface area contributed by atoms with E-state index in [4.69, 9.17) is 9.15 Å². The average Bonchev–Trinajstić information content (AvgIpc) is 3.01. The summed E-state index contributed by atoms with van der Waals surface area (Å²) in [4.78, 5) is 11.3. The highest BCUT2D eigenvalue weighted by Crippen LogP contribution is 2.18. The van der Waals surface area contributed by atoms with Crippen LogP contribution < -0.4 is 10.1 Å². The Morgan fingerprint density at radius 3 is 2.62 bits per heavy atom. The molecule has 112 valence electrons. The van der Waals surface area contributed by atoms with Gasteiger partial charge in [-0.3, -0.25) is 0 Å². The monoisotopic (exact) mass is 289 g/mol. The third-order valence-electron chi connectivity index (χ3n) is 3.27. The van der Waals surface area contributed by atoms with Crippen LogP contribution >= 0.6 is 0 Å². The molecular weight excluding hydrogens is 270 g/mol. The smallest absolute Gasteiger partial charge is 0.341 e. The van der Waals surface area contributed by atoms with Gasteiger partial charge in [0.05, 0.1) is 26.3 Å². The normalized spacial score (nSPS) is 12.0. The zero-order valence-electron chi connectivity index (χ0n) is 12.4. The van der Waals surface area contributed by atoms with Crippen molar-refractivity contribution in [2.45, 2.75) is 19.5 Å². The number of methoxy groups -OCH3 is 2. The molecule has 1 atom stereocenters. The summed E-state index contributed by atoms with van der Waals surface area (Å²) in [6.07, 6.45) is 1.40. The van der Waals surface area contributed by atoms with E-state index in [1.807, 2.05) is 24.3 Å². The van der Waals surface area contributed by atoms with Crippen molar-refractivity contribution in [1.29, 1.82) is 0 Å². The molecule has 5 nitrogen and oxygen atoms in total. The molecule has 5 heteroatoms. The number of benzene rings is 1. The molecule has 0 saturated heterocycles. The first-order chi connectivity index (χ1) is 10.1. The summed E-state index contributed by atoms with van der Waals surface area (Å²) < 4.78 is 15.1. The molecule has 0 aliphatic heterocycles. The van der Waals surface area contributed by atoms with Crippen LogP contribution in [0.5, 0.6) is 5.75 Å². The van der Waals surface area contributed by atoms with Crippen LogP contribution in [-0.2, 0) is 11.3 Å². The minimum Gasteiger partial charge on any atom is -0.497 e. The maximum absolute atomic E-state index is 11.3. The number of hydrogen-bond donors (Lipinski definition) is 1. The number of hydrogen-bond acceptors (Lipinski definition) is 5. The Morgan fingerprint density at radius 1 is 1.29 bits per heavy atom. The van der Waals surface area contributed by atoms with Crippen molar-refractivity contribution in [3.8, 4) is 5.75 Å². The lowest BCUT2D eigenvalue weighted by molar-refractivity contribution is 0.0600. The van der Waals surface area contributed by atoms with Crippen LogP contribution in [0.2, 0.25) is 0 Å². The van der Waals surface area contributed by atoms with Gasteiger partial charge < -0.3 is 19.2 Å². The fraction of sp³-hybridized carbons (Fsp3) is 0.312. The molecule has 0 fully saturated rings. The van der Waals surface area contributed by atoms with Gasteiger partial charge in [0.2, 0.25) is 0 Å². The molecule has 0 radical (unpaired) electrons. The van der Waals surface area contributed by atoms with Gasteiger partial charge in [-0.05, 0) is 30.7 Å². The average molecular weight is 289 g/mol. The number of esters is 1. The molecular formula is C16H19NO4. The van der Waals surface area contributed by atoms with Crippen molar-refractivity contribution < 1.29 is 18.7 Å². The quantitative estimate of drug-likeness (QED) is 0.828. The summed E-state index contributed by atoms with van der Waals surface area (Å²) in [6, 6.07) is 9.71. The number of carbonyl (C=O) groups excluding carboxylic acids is 1. The summed E-state index contributed by atoms with van der Waals surface area (Å²) in [5.41, 5.74) is 1.57. The molecule has 0 bridgehead atoms. The molecule has 21 heavy (non-hydrogen) atoms. The zero-order chi connectivity index (χ0) is 15.2. The van der Waals surface area contributed by atoms with Crippen molar-refractivity contribution in [3.63, 3.8) is 0 Å². The third kappa shape index (κ3) is 3.86. The molecule has 0 spiro atoms. The Labute approximate surface area is 123 Å². The molecule has 2 aromatic rings. The number of carbonyl (C=O) groups is 1. The zero-order valence-corrected chi connectivity index (χ0v) is 12.4. The van der Waals surface area contributed by atoms with Crippen LogP contribution in [0, 0.1) is 0 Å². The Bertz CT molecular complexity index is 589. The standard InChI is InChI=1S/C16H19NO4/c1-11(12-4-6-14(19-2)7-5-12)17-9-15-8-13(10-21-15)16(18)20-3/h4-8,10-11,17H,9H2,1-3H3. The highest BCUT2D eigenvalue weighted by Gasteiger charge is 2.11. The van der Waals surface area contributed by atoms with E-state index in [1.54, 1.807) is 13.2 Å². The van der Waals surface area contributed by atoms with Crippen molar-refractivity contribution in [1.82, 2.24) is 5.32 Å². The molecule has 0 saturated carbocycles. The summed E-state index contributed by atoms with van der Waals surface area (Å²) in [7, 11) is 2.99. The number of rotatable bonds is 6.